The molecular formula is C17H20N2O3. The van der Waals surface area contributed by atoms with E-state index in [2.05, 4.69) is 0 Å². The van der Waals surface area contributed by atoms with Gasteiger partial charge in [0.25, 0.3) is 5.69 Å². The van der Waals surface area contributed by atoms with Gasteiger partial charge < -0.3 is 10.5 Å². The zero-order chi connectivity index (χ0) is 16.3. The van der Waals surface area contributed by atoms with Crippen LogP contribution in [0.15, 0.2) is 36.4 Å². The first-order valence-corrected chi connectivity index (χ1v) is 7.06. The van der Waals surface area contributed by atoms with Crippen molar-refractivity contribution < 1.29 is 9.66 Å². The molecule has 0 radical (unpaired) electrons. The number of methoxy groups -OCH3 is 1. The zero-order valence-corrected chi connectivity index (χ0v) is 13.0. The number of nitro benzene ring substituents is 1. The number of nitro groups is 1. The van der Waals surface area contributed by atoms with Gasteiger partial charge in [0.1, 0.15) is 5.75 Å². The van der Waals surface area contributed by atoms with Crippen molar-refractivity contribution in [3.8, 4) is 5.75 Å². The minimum atomic E-state index is -0.355. The molecular weight excluding hydrogens is 280 g/mol. The molecule has 1 atom stereocenters. The number of rotatable bonds is 5. The lowest BCUT2D eigenvalue weighted by Crippen LogP contribution is -2.14. The van der Waals surface area contributed by atoms with Crippen molar-refractivity contribution in [2.45, 2.75) is 26.3 Å². The fraction of sp³-hybridized carbons (Fsp3) is 0.294. The highest BCUT2D eigenvalue weighted by Crippen LogP contribution is 2.27. The van der Waals surface area contributed by atoms with Gasteiger partial charge >= 0.3 is 0 Å². The van der Waals surface area contributed by atoms with Gasteiger partial charge in [-0.05, 0) is 49.1 Å². The van der Waals surface area contributed by atoms with E-state index < -0.39 is 0 Å². The van der Waals surface area contributed by atoms with Crippen molar-refractivity contribution in [2.24, 2.45) is 5.73 Å². The van der Waals surface area contributed by atoms with Crippen molar-refractivity contribution >= 4 is 5.69 Å². The Bertz CT molecular complexity index is 681. The largest absolute Gasteiger partial charge is 0.497 e. The normalized spacial score (nSPS) is 12.0. The third-order valence-electron chi connectivity index (χ3n) is 3.90. The van der Waals surface area contributed by atoms with Crippen LogP contribution in [0.2, 0.25) is 0 Å². The van der Waals surface area contributed by atoms with Crippen LogP contribution in [0.1, 0.15) is 28.3 Å². The van der Waals surface area contributed by atoms with E-state index in [1.165, 1.54) is 0 Å². The van der Waals surface area contributed by atoms with Gasteiger partial charge in [-0.25, -0.2) is 0 Å². The van der Waals surface area contributed by atoms with Crippen LogP contribution in [0.25, 0.3) is 0 Å². The predicted octanol–water partition coefficient (Wildman–Crippen LogP) is 3.46. The van der Waals surface area contributed by atoms with Crippen molar-refractivity contribution in [2.75, 3.05) is 7.11 Å². The van der Waals surface area contributed by atoms with Gasteiger partial charge in [0.05, 0.1) is 12.0 Å². The van der Waals surface area contributed by atoms with Crippen molar-refractivity contribution in [3.05, 3.63) is 68.8 Å². The van der Waals surface area contributed by atoms with Crippen LogP contribution < -0.4 is 10.5 Å². The second-order valence-corrected chi connectivity index (χ2v) is 5.40. The fourth-order valence-electron chi connectivity index (χ4n) is 2.41. The average Bonchev–Trinajstić information content (AvgIpc) is 2.50. The molecule has 0 amide bonds. The zero-order valence-electron chi connectivity index (χ0n) is 13.0. The van der Waals surface area contributed by atoms with E-state index in [1.54, 1.807) is 20.1 Å². The molecule has 2 aromatic rings. The van der Waals surface area contributed by atoms with Crippen LogP contribution in [0.4, 0.5) is 5.69 Å². The Morgan fingerprint density at radius 1 is 1.23 bits per heavy atom. The van der Waals surface area contributed by atoms with Gasteiger partial charge in [-0.15, -0.1) is 0 Å². The van der Waals surface area contributed by atoms with Gasteiger partial charge in [0, 0.05) is 17.7 Å². The topological polar surface area (TPSA) is 78.4 Å². The number of nitrogens with two attached hydrogens (primary N) is 1. The minimum absolute atomic E-state index is 0.125. The summed E-state index contributed by atoms with van der Waals surface area (Å²) in [7, 11) is 1.62. The molecule has 1 unspecified atom stereocenters. The molecule has 0 spiro atoms. The van der Waals surface area contributed by atoms with Gasteiger partial charge in [-0.2, -0.15) is 0 Å². The van der Waals surface area contributed by atoms with E-state index in [4.69, 9.17) is 10.5 Å². The van der Waals surface area contributed by atoms with Crippen LogP contribution in [0.5, 0.6) is 5.75 Å². The van der Waals surface area contributed by atoms with Gasteiger partial charge in [-0.3, -0.25) is 10.1 Å². The lowest BCUT2D eigenvalue weighted by molar-refractivity contribution is -0.385. The van der Waals surface area contributed by atoms with E-state index >= 15 is 0 Å². The summed E-state index contributed by atoms with van der Waals surface area (Å²) in [6, 6.07) is 10.9. The molecule has 0 aliphatic carbocycles. The highest BCUT2D eigenvalue weighted by molar-refractivity contribution is 5.48. The first-order chi connectivity index (χ1) is 10.4. The monoisotopic (exact) mass is 300 g/mol. The summed E-state index contributed by atoms with van der Waals surface area (Å²) in [4.78, 5) is 10.8. The Morgan fingerprint density at radius 2 is 1.86 bits per heavy atom. The van der Waals surface area contributed by atoms with Crippen molar-refractivity contribution in [1.82, 2.24) is 0 Å². The predicted molar refractivity (Wildman–Crippen MR) is 86.2 cm³/mol. The van der Waals surface area contributed by atoms with Gasteiger partial charge in [0.15, 0.2) is 0 Å². The third kappa shape index (κ3) is 3.43. The molecule has 0 heterocycles. The molecule has 0 aliphatic rings. The lowest BCUT2D eigenvalue weighted by atomic mass is 9.95. The van der Waals surface area contributed by atoms with Crippen LogP contribution in [-0.4, -0.2) is 12.0 Å². The lowest BCUT2D eigenvalue weighted by Gasteiger charge is -2.14. The highest BCUT2D eigenvalue weighted by atomic mass is 16.6. The summed E-state index contributed by atoms with van der Waals surface area (Å²) in [5.41, 5.74) is 9.77. The maximum atomic E-state index is 11.1. The molecule has 2 aromatic carbocycles. The summed E-state index contributed by atoms with van der Waals surface area (Å²) in [6.07, 6.45) is 0.615. The number of nitrogens with zero attached hydrogens (tertiary/aromatic N) is 1. The Morgan fingerprint density at radius 3 is 2.41 bits per heavy atom. The number of hydrogen-bond donors (Lipinski definition) is 1. The molecule has 0 aromatic heterocycles. The second-order valence-electron chi connectivity index (χ2n) is 5.40. The summed E-state index contributed by atoms with van der Waals surface area (Å²) in [6.45, 7) is 3.62. The van der Waals surface area contributed by atoms with Gasteiger partial charge in [0.2, 0.25) is 0 Å². The van der Waals surface area contributed by atoms with Crippen molar-refractivity contribution in [1.29, 1.82) is 0 Å². The SMILES string of the molecule is COc1ccc(CC(N)c2cc(C)c(C)c([N+](=O)[O-])c2)cc1. The fourth-order valence-corrected chi connectivity index (χ4v) is 2.41. The molecule has 5 heteroatoms. The second kappa shape index (κ2) is 6.58. The smallest absolute Gasteiger partial charge is 0.272 e. The average molecular weight is 300 g/mol. The summed E-state index contributed by atoms with van der Waals surface area (Å²) >= 11 is 0. The summed E-state index contributed by atoms with van der Waals surface area (Å²) < 4.78 is 5.12. The van der Waals surface area contributed by atoms with E-state index in [1.807, 2.05) is 37.3 Å². The minimum Gasteiger partial charge on any atom is -0.497 e. The van der Waals surface area contributed by atoms with E-state index in [9.17, 15) is 10.1 Å². The highest BCUT2D eigenvalue weighted by Gasteiger charge is 2.17. The Labute approximate surface area is 129 Å². The summed E-state index contributed by atoms with van der Waals surface area (Å²) in [5.74, 6) is 0.791. The van der Waals surface area contributed by atoms with E-state index in [-0.39, 0.29) is 16.7 Å². The number of ether oxygens (including phenoxy) is 1. The molecule has 0 bridgehead atoms. The van der Waals surface area contributed by atoms with E-state index in [0.29, 0.717) is 12.0 Å². The molecule has 0 saturated carbocycles. The molecule has 22 heavy (non-hydrogen) atoms. The number of aryl methyl sites for hydroxylation is 1. The van der Waals surface area contributed by atoms with Crippen LogP contribution >= 0.6 is 0 Å². The molecule has 0 saturated heterocycles. The van der Waals surface area contributed by atoms with Gasteiger partial charge in [-0.1, -0.05) is 18.2 Å². The first-order valence-electron chi connectivity index (χ1n) is 7.06. The Kier molecular flexibility index (Phi) is 4.78. The maximum absolute atomic E-state index is 11.1. The van der Waals surface area contributed by atoms with Crippen molar-refractivity contribution in [3.63, 3.8) is 0 Å². The number of benzene rings is 2. The van der Waals surface area contributed by atoms with Crippen LogP contribution in [0, 0.1) is 24.0 Å². The molecule has 116 valence electrons. The standard InChI is InChI=1S/C17H20N2O3/c1-11-8-14(10-17(12(11)2)19(20)21)16(18)9-13-4-6-15(22-3)7-5-13/h4-8,10,16H,9,18H2,1-3H3. The van der Waals surface area contributed by atoms with Crippen LogP contribution in [-0.2, 0) is 6.42 Å². The first kappa shape index (κ1) is 16.0. The van der Waals surface area contributed by atoms with Crippen LogP contribution in [0.3, 0.4) is 0 Å². The molecule has 2 N–H and O–H groups in total. The summed E-state index contributed by atoms with van der Waals surface area (Å²) in [5, 5.41) is 11.1. The molecule has 0 aliphatic heterocycles. The molecule has 5 nitrogen and oxygen atoms in total. The molecule has 2 rings (SSSR count). The Hall–Kier alpha value is -2.40. The maximum Gasteiger partial charge on any atom is 0.272 e. The van der Waals surface area contributed by atoms with E-state index in [0.717, 1.165) is 22.4 Å². The molecule has 0 fully saturated rings. The third-order valence-corrected chi connectivity index (χ3v) is 3.90. The number of hydrogen-bond acceptors (Lipinski definition) is 4. The Balaban J connectivity index is 2.25. The quantitative estimate of drug-likeness (QED) is 0.677.